The van der Waals surface area contributed by atoms with Crippen molar-refractivity contribution in [2.45, 2.75) is 19.3 Å². The number of nitrogens with one attached hydrogen (secondary N) is 2. The average molecular weight is 569 g/mol. The third-order valence-corrected chi connectivity index (χ3v) is 7.05. The number of hydrogen-bond acceptors (Lipinski definition) is 9. The van der Waals surface area contributed by atoms with Gasteiger partial charge in [-0.05, 0) is 23.8 Å². The maximum Gasteiger partial charge on any atom is 0.423 e. The minimum absolute atomic E-state index is 0.0272. The number of pyridine rings is 1. The fourth-order valence-electron chi connectivity index (χ4n) is 4.96. The van der Waals surface area contributed by atoms with Crippen molar-refractivity contribution in [2.24, 2.45) is 0 Å². The molecule has 2 aliphatic rings. The lowest BCUT2D eigenvalue weighted by Crippen LogP contribution is -2.51. The van der Waals surface area contributed by atoms with Gasteiger partial charge in [0.25, 0.3) is 5.56 Å². The molecule has 1 amide bonds. The number of carbonyl (C=O) groups excluding carboxylic acids is 1. The van der Waals surface area contributed by atoms with E-state index in [0.717, 1.165) is 23.1 Å². The molecule has 0 spiro atoms. The van der Waals surface area contributed by atoms with Gasteiger partial charge in [-0.1, -0.05) is 12.1 Å². The average Bonchev–Trinajstić information content (AvgIpc) is 3.41. The minimum Gasteiger partial charge on any atom is -0.492 e. The van der Waals surface area contributed by atoms with E-state index in [0.29, 0.717) is 44.0 Å². The normalized spacial score (nSPS) is 15.0. The van der Waals surface area contributed by atoms with Gasteiger partial charge in [0, 0.05) is 57.6 Å². The first kappa shape index (κ1) is 27.9. The first-order valence-corrected chi connectivity index (χ1v) is 13.0. The van der Waals surface area contributed by atoms with E-state index >= 15 is 0 Å². The van der Waals surface area contributed by atoms with Crippen LogP contribution in [0, 0.1) is 11.3 Å². The van der Waals surface area contributed by atoms with Crippen LogP contribution in [0.25, 0.3) is 0 Å². The SMILES string of the molecule is N#Cc1ccc(N2CCN(C(=O)CNCCOc3cccc4c3CN(c3cn[nH]c(=O)c3C(F)(F)F)C4)CC2)nc1. The van der Waals surface area contributed by atoms with Gasteiger partial charge in [-0.15, -0.1) is 0 Å². The highest BCUT2D eigenvalue weighted by atomic mass is 19.4. The van der Waals surface area contributed by atoms with Crippen LogP contribution in [0.15, 0.2) is 47.5 Å². The van der Waals surface area contributed by atoms with E-state index in [9.17, 15) is 22.8 Å². The van der Waals surface area contributed by atoms with E-state index in [1.165, 1.54) is 11.1 Å². The van der Waals surface area contributed by atoms with Crippen LogP contribution in [0.1, 0.15) is 22.3 Å². The van der Waals surface area contributed by atoms with Crippen LogP contribution >= 0.6 is 0 Å². The molecular formula is C27H27F3N8O3. The number of aromatic amines is 1. The Kier molecular flexibility index (Phi) is 8.06. The highest BCUT2D eigenvalue weighted by Crippen LogP contribution is 2.39. The van der Waals surface area contributed by atoms with Gasteiger partial charge in [-0.2, -0.15) is 23.5 Å². The summed E-state index contributed by atoms with van der Waals surface area (Å²) < 4.78 is 46.6. The number of ether oxygens (including phenoxy) is 1. The fourth-order valence-corrected chi connectivity index (χ4v) is 4.96. The van der Waals surface area contributed by atoms with Gasteiger partial charge in [-0.3, -0.25) is 9.59 Å². The van der Waals surface area contributed by atoms with Crippen molar-refractivity contribution in [1.82, 2.24) is 25.4 Å². The van der Waals surface area contributed by atoms with Gasteiger partial charge in [0.05, 0.1) is 24.0 Å². The van der Waals surface area contributed by atoms with E-state index in [2.05, 4.69) is 20.3 Å². The maximum atomic E-state index is 13.6. The van der Waals surface area contributed by atoms with Gasteiger partial charge in [0.2, 0.25) is 5.91 Å². The van der Waals surface area contributed by atoms with E-state index in [1.54, 1.807) is 29.2 Å². The van der Waals surface area contributed by atoms with Crippen LogP contribution in [0.4, 0.5) is 24.7 Å². The molecule has 3 aromatic rings. The molecule has 0 unspecified atom stereocenters. The largest absolute Gasteiger partial charge is 0.492 e. The van der Waals surface area contributed by atoms with Gasteiger partial charge >= 0.3 is 6.18 Å². The molecule has 1 aromatic carbocycles. The molecule has 14 heteroatoms. The van der Waals surface area contributed by atoms with Crippen molar-refractivity contribution in [3.05, 3.63) is 75.3 Å². The Morgan fingerprint density at radius 2 is 1.90 bits per heavy atom. The summed E-state index contributed by atoms with van der Waals surface area (Å²) in [4.78, 5) is 34.1. The zero-order chi connectivity index (χ0) is 29.0. The standard InChI is InChI=1S/C27H27F3N8O3/c28-27(29,30)25-21(14-34-35-26(25)40)38-16-19-2-1-3-22(20(19)17-38)41-11-6-32-15-24(39)37-9-7-36(8-10-37)23-5-4-18(12-31)13-33-23/h1-5,13-14,32H,6-11,15-17H2,(H,35,40). The second-order valence-electron chi connectivity index (χ2n) is 9.62. The number of benzene rings is 1. The summed E-state index contributed by atoms with van der Waals surface area (Å²) in [6.07, 6.45) is -2.27. The minimum atomic E-state index is -4.82. The summed E-state index contributed by atoms with van der Waals surface area (Å²) in [5, 5.41) is 17.4. The molecule has 0 bridgehead atoms. The van der Waals surface area contributed by atoms with Crippen molar-refractivity contribution < 1.29 is 22.7 Å². The molecular weight excluding hydrogens is 541 g/mol. The second-order valence-corrected chi connectivity index (χ2v) is 9.62. The molecule has 4 heterocycles. The Morgan fingerprint density at radius 1 is 1.10 bits per heavy atom. The Bertz CT molecular complexity index is 1500. The number of alkyl halides is 3. The molecule has 1 saturated heterocycles. The summed E-state index contributed by atoms with van der Waals surface area (Å²) in [7, 11) is 0. The third kappa shape index (κ3) is 6.25. The van der Waals surface area contributed by atoms with Crippen molar-refractivity contribution in [1.29, 1.82) is 5.26 Å². The van der Waals surface area contributed by atoms with E-state index in [1.807, 2.05) is 17.2 Å². The second kappa shape index (κ2) is 11.8. The van der Waals surface area contributed by atoms with Crippen molar-refractivity contribution in [2.75, 3.05) is 55.7 Å². The number of anilines is 2. The molecule has 5 rings (SSSR count). The fraction of sp³-hybridized carbons (Fsp3) is 0.370. The predicted octanol–water partition coefficient (Wildman–Crippen LogP) is 1.89. The number of hydrogen-bond donors (Lipinski definition) is 2. The molecule has 41 heavy (non-hydrogen) atoms. The van der Waals surface area contributed by atoms with Gasteiger partial charge in [-0.25, -0.2) is 10.1 Å². The van der Waals surface area contributed by atoms with Gasteiger partial charge in [0.15, 0.2) is 0 Å². The molecule has 0 atom stereocenters. The van der Waals surface area contributed by atoms with Crippen LogP contribution in [-0.4, -0.2) is 71.9 Å². The third-order valence-electron chi connectivity index (χ3n) is 7.05. The van der Waals surface area contributed by atoms with E-state index in [-0.39, 0.29) is 37.8 Å². The van der Waals surface area contributed by atoms with Crippen LogP contribution in [-0.2, 0) is 24.1 Å². The number of H-pyrrole nitrogens is 1. The van der Waals surface area contributed by atoms with Crippen LogP contribution in [0.3, 0.4) is 0 Å². The molecule has 0 saturated carbocycles. The Hall–Kier alpha value is -4.64. The van der Waals surface area contributed by atoms with Crippen molar-refractivity contribution >= 4 is 17.4 Å². The number of nitrogens with zero attached hydrogens (tertiary/aromatic N) is 6. The molecule has 2 aliphatic heterocycles. The highest BCUT2D eigenvalue weighted by Gasteiger charge is 2.39. The van der Waals surface area contributed by atoms with Gasteiger partial charge < -0.3 is 24.8 Å². The quantitative estimate of drug-likeness (QED) is 0.391. The molecule has 1 fully saturated rings. The smallest absolute Gasteiger partial charge is 0.423 e. The number of carbonyl (C=O) groups is 1. The number of amides is 1. The Labute approximate surface area is 233 Å². The molecule has 2 N–H and O–H groups in total. The summed E-state index contributed by atoms with van der Waals surface area (Å²) in [6.45, 7) is 3.51. The highest BCUT2D eigenvalue weighted by molar-refractivity contribution is 5.78. The maximum absolute atomic E-state index is 13.6. The number of rotatable bonds is 8. The lowest BCUT2D eigenvalue weighted by Gasteiger charge is -2.35. The first-order valence-electron chi connectivity index (χ1n) is 13.0. The number of fused-ring (bicyclic) bond motifs is 1. The number of halogens is 3. The summed E-state index contributed by atoms with van der Waals surface area (Å²) >= 11 is 0. The van der Waals surface area contributed by atoms with Crippen molar-refractivity contribution in [3.8, 4) is 11.8 Å². The first-order chi connectivity index (χ1) is 19.7. The Morgan fingerprint density at radius 3 is 2.61 bits per heavy atom. The number of aromatic nitrogens is 3. The number of piperazine rings is 1. The number of nitriles is 1. The van der Waals surface area contributed by atoms with Crippen molar-refractivity contribution in [3.63, 3.8) is 0 Å². The lowest BCUT2D eigenvalue weighted by atomic mass is 10.1. The summed E-state index contributed by atoms with van der Waals surface area (Å²) in [5.41, 5.74) is -0.797. The summed E-state index contributed by atoms with van der Waals surface area (Å²) in [6, 6.07) is 10.9. The lowest BCUT2D eigenvalue weighted by molar-refractivity contribution is -0.138. The Balaban J connectivity index is 1.08. The van der Waals surface area contributed by atoms with E-state index < -0.39 is 17.3 Å². The van der Waals surface area contributed by atoms with Gasteiger partial charge in [0.1, 0.15) is 29.8 Å². The monoisotopic (exact) mass is 568 g/mol. The van der Waals surface area contributed by atoms with Crippen LogP contribution < -0.4 is 25.4 Å². The van der Waals surface area contributed by atoms with E-state index in [4.69, 9.17) is 10.00 Å². The molecule has 2 aromatic heterocycles. The molecule has 0 aliphatic carbocycles. The molecule has 11 nitrogen and oxygen atoms in total. The zero-order valence-electron chi connectivity index (χ0n) is 21.9. The molecule has 214 valence electrons. The zero-order valence-corrected chi connectivity index (χ0v) is 21.9. The topological polar surface area (TPSA) is 130 Å². The van der Waals surface area contributed by atoms with Crippen LogP contribution in [0.5, 0.6) is 5.75 Å². The molecule has 0 radical (unpaired) electrons. The predicted molar refractivity (Wildman–Crippen MR) is 142 cm³/mol. The summed E-state index contributed by atoms with van der Waals surface area (Å²) in [5.74, 6) is 1.29. The van der Waals surface area contributed by atoms with Crippen LogP contribution in [0.2, 0.25) is 0 Å².